The minimum atomic E-state index is 0.392. The molecule has 2 rings (SSSR count). The van der Waals surface area contributed by atoms with E-state index in [1.807, 2.05) is 24.3 Å². The van der Waals surface area contributed by atoms with Crippen molar-refractivity contribution in [2.24, 2.45) is 11.7 Å². The summed E-state index contributed by atoms with van der Waals surface area (Å²) in [5.74, 6) is 1.24. The van der Waals surface area contributed by atoms with Gasteiger partial charge in [-0.15, -0.1) is 0 Å². The van der Waals surface area contributed by atoms with Crippen LogP contribution < -0.4 is 5.73 Å². The van der Waals surface area contributed by atoms with E-state index in [2.05, 4.69) is 6.92 Å². The van der Waals surface area contributed by atoms with Gasteiger partial charge in [0.2, 0.25) is 0 Å². The molecule has 0 saturated carbocycles. The Morgan fingerprint density at radius 3 is 2.80 bits per heavy atom. The van der Waals surface area contributed by atoms with Crippen LogP contribution >= 0.6 is 11.6 Å². The summed E-state index contributed by atoms with van der Waals surface area (Å²) in [6, 6.07) is 7.80. The molecule has 3 heteroatoms. The van der Waals surface area contributed by atoms with Crippen LogP contribution in [0.3, 0.4) is 0 Å². The van der Waals surface area contributed by atoms with E-state index in [-0.39, 0.29) is 0 Å². The molecular formula is C12H14ClNO. The summed E-state index contributed by atoms with van der Waals surface area (Å²) in [5, 5.41) is 1.71. The van der Waals surface area contributed by atoms with Crippen molar-refractivity contribution in [1.82, 2.24) is 0 Å². The van der Waals surface area contributed by atoms with Crippen LogP contribution in [-0.2, 0) is 6.42 Å². The molecule has 1 aromatic carbocycles. The molecule has 0 bridgehead atoms. The first-order chi connectivity index (χ1) is 7.22. The molecule has 0 radical (unpaired) electrons. The molecule has 0 aliphatic heterocycles. The maximum absolute atomic E-state index is 6.22. The third kappa shape index (κ3) is 2.01. The van der Waals surface area contributed by atoms with Crippen molar-refractivity contribution in [3.63, 3.8) is 0 Å². The second kappa shape index (κ2) is 4.25. The molecule has 0 amide bonds. The van der Waals surface area contributed by atoms with E-state index >= 15 is 0 Å². The zero-order chi connectivity index (χ0) is 10.8. The van der Waals surface area contributed by atoms with Gasteiger partial charge in [0.15, 0.2) is 0 Å². The lowest BCUT2D eigenvalue weighted by atomic mass is 10.1. The number of rotatable bonds is 3. The molecule has 0 saturated heterocycles. The van der Waals surface area contributed by atoms with Gasteiger partial charge in [-0.05, 0) is 24.6 Å². The van der Waals surface area contributed by atoms with Crippen molar-refractivity contribution in [2.75, 3.05) is 6.54 Å². The summed E-state index contributed by atoms with van der Waals surface area (Å²) in [5.41, 5.74) is 6.43. The zero-order valence-electron chi connectivity index (χ0n) is 8.66. The number of hydrogen-bond donors (Lipinski definition) is 1. The third-order valence-corrected chi connectivity index (χ3v) is 2.95. The minimum Gasteiger partial charge on any atom is -0.459 e. The van der Waals surface area contributed by atoms with E-state index in [0.29, 0.717) is 12.5 Å². The summed E-state index contributed by atoms with van der Waals surface area (Å²) in [7, 11) is 0. The van der Waals surface area contributed by atoms with Gasteiger partial charge < -0.3 is 10.2 Å². The van der Waals surface area contributed by atoms with Crippen LogP contribution in [0.4, 0.5) is 0 Å². The molecular weight excluding hydrogens is 210 g/mol. The van der Waals surface area contributed by atoms with Crippen LogP contribution in [0.25, 0.3) is 11.0 Å². The molecule has 80 valence electrons. The van der Waals surface area contributed by atoms with E-state index in [9.17, 15) is 0 Å². The normalized spacial score (nSPS) is 13.3. The monoisotopic (exact) mass is 223 g/mol. The van der Waals surface area contributed by atoms with Crippen molar-refractivity contribution in [3.05, 3.63) is 35.0 Å². The molecule has 0 spiro atoms. The Kier molecular flexibility index (Phi) is 2.98. The van der Waals surface area contributed by atoms with Crippen LogP contribution in [0.15, 0.2) is 28.7 Å². The fraction of sp³-hybridized carbons (Fsp3) is 0.333. The van der Waals surface area contributed by atoms with Crippen molar-refractivity contribution >= 4 is 22.6 Å². The lowest BCUT2D eigenvalue weighted by molar-refractivity contribution is 0.484. The van der Waals surface area contributed by atoms with Crippen LogP contribution in [-0.4, -0.2) is 6.54 Å². The molecule has 15 heavy (non-hydrogen) atoms. The molecule has 1 atom stereocenters. The molecule has 0 fully saturated rings. The molecule has 2 N–H and O–H groups in total. The summed E-state index contributed by atoms with van der Waals surface area (Å²) in [6.45, 7) is 2.73. The Morgan fingerprint density at radius 2 is 2.13 bits per heavy atom. The predicted molar refractivity (Wildman–Crippen MR) is 63.1 cm³/mol. The molecule has 1 unspecified atom stereocenters. The largest absolute Gasteiger partial charge is 0.459 e. The average Bonchev–Trinajstić information content (AvgIpc) is 2.57. The van der Waals surface area contributed by atoms with Gasteiger partial charge >= 0.3 is 0 Å². The van der Waals surface area contributed by atoms with Crippen LogP contribution in [0, 0.1) is 5.92 Å². The predicted octanol–water partition coefficient (Wildman–Crippen LogP) is 3.22. The Balaban J connectivity index is 2.40. The SMILES string of the molecule is CC(CN)Cc1oc2ccccc2c1Cl. The highest BCUT2D eigenvalue weighted by Gasteiger charge is 2.13. The Morgan fingerprint density at radius 1 is 1.40 bits per heavy atom. The molecule has 0 aliphatic carbocycles. The lowest BCUT2D eigenvalue weighted by Gasteiger charge is -2.04. The number of nitrogens with two attached hydrogens (primary N) is 1. The van der Waals surface area contributed by atoms with Crippen molar-refractivity contribution < 1.29 is 4.42 Å². The van der Waals surface area contributed by atoms with Crippen molar-refractivity contribution in [3.8, 4) is 0 Å². The second-order valence-electron chi connectivity index (χ2n) is 3.88. The highest BCUT2D eigenvalue weighted by molar-refractivity contribution is 6.36. The van der Waals surface area contributed by atoms with Gasteiger partial charge in [0.05, 0.1) is 5.02 Å². The number of fused-ring (bicyclic) bond motifs is 1. The maximum Gasteiger partial charge on any atom is 0.135 e. The Bertz CT molecular complexity index is 464. The van der Waals surface area contributed by atoms with Gasteiger partial charge in [0, 0.05) is 11.8 Å². The van der Waals surface area contributed by atoms with Crippen molar-refractivity contribution in [2.45, 2.75) is 13.3 Å². The Hall–Kier alpha value is -0.990. The summed E-state index contributed by atoms with van der Waals surface area (Å²) in [6.07, 6.45) is 0.796. The van der Waals surface area contributed by atoms with E-state index in [1.165, 1.54) is 0 Å². The molecule has 1 heterocycles. The minimum absolute atomic E-state index is 0.392. The maximum atomic E-state index is 6.22. The first kappa shape index (κ1) is 10.5. The highest BCUT2D eigenvalue weighted by Crippen LogP contribution is 2.31. The van der Waals surface area contributed by atoms with Crippen LogP contribution in [0.1, 0.15) is 12.7 Å². The van der Waals surface area contributed by atoms with Crippen LogP contribution in [0.5, 0.6) is 0 Å². The second-order valence-corrected chi connectivity index (χ2v) is 4.26. The molecule has 2 nitrogen and oxygen atoms in total. The van der Waals surface area contributed by atoms with Crippen molar-refractivity contribution in [1.29, 1.82) is 0 Å². The fourth-order valence-electron chi connectivity index (χ4n) is 1.60. The van der Waals surface area contributed by atoms with Gasteiger partial charge in [0.1, 0.15) is 11.3 Å². The standard InChI is InChI=1S/C12H14ClNO/c1-8(7-14)6-11-12(13)9-4-2-3-5-10(9)15-11/h2-5,8H,6-7,14H2,1H3. The van der Waals surface area contributed by atoms with Gasteiger partial charge in [-0.1, -0.05) is 30.7 Å². The number of benzene rings is 1. The molecule has 1 aromatic heterocycles. The van der Waals surface area contributed by atoms with Gasteiger partial charge in [-0.2, -0.15) is 0 Å². The smallest absolute Gasteiger partial charge is 0.135 e. The number of hydrogen-bond acceptors (Lipinski definition) is 2. The number of halogens is 1. The first-order valence-corrected chi connectivity index (χ1v) is 5.46. The first-order valence-electron chi connectivity index (χ1n) is 5.08. The number of furan rings is 1. The van der Waals surface area contributed by atoms with Gasteiger partial charge in [-0.3, -0.25) is 0 Å². The van der Waals surface area contributed by atoms with E-state index in [4.69, 9.17) is 21.8 Å². The van der Waals surface area contributed by atoms with Gasteiger partial charge in [0.25, 0.3) is 0 Å². The highest BCUT2D eigenvalue weighted by atomic mass is 35.5. The zero-order valence-corrected chi connectivity index (χ0v) is 9.42. The quantitative estimate of drug-likeness (QED) is 0.868. The number of para-hydroxylation sites is 1. The molecule has 0 aliphatic rings. The van der Waals surface area contributed by atoms with Gasteiger partial charge in [-0.25, -0.2) is 0 Å². The molecule has 2 aromatic rings. The van der Waals surface area contributed by atoms with E-state index < -0.39 is 0 Å². The topological polar surface area (TPSA) is 39.2 Å². The summed E-state index contributed by atoms with van der Waals surface area (Å²) >= 11 is 6.22. The Labute approximate surface area is 94.0 Å². The average molecular weight is 224 g/mol. The van der Waals surface area contributed by atoms with E-state index in [1.54, 1.807) is 0 Å². The van der Waals surface area contributed by atoms with Crippen LogP contribution in [0.2, 0.25) is 5.02 Å². The lowest BCUT2D eigenvalue weighted by Crippen LogP contribution is -2.12. The van der Waals surface area contributed by atoms with E-state index in [0.717, 1.165) is 28.2 Å². The summed E-state index contributed by atoms with van der Waals surface area (Å²) < 4.78 is 5.68. The summed E-state index contributed by atoms with van der Waals surface area (Å²) in [4.78, 5) is 0. The fourth-order valence-corrected chi connectivity index (χ4v) is 1.87. The third-order valence-electron chi connectivity index (χ3n) is 2.54.